The van der Waals surface area contributed by atoms with E-state index in [4.69, 9.17) is 4.42 Å². The Labute approximate surface area is 145 Å². The van der Waals surface area contributed by atoms with E-state index in [1.165, 1.54) is 37.4 Å². The molecule has 4 rings (SSSR count). The van der Waals surface area contributed by atoms with Crippen molar-refractivity contribution >= 4 is 17.7 Å². The molecule has 2 fully saturated rings. The molecule has 7 heteroatoms. The van der Waals surface area contributed by atoms with Crippen molar-refractivity contribution in [3.8, 4) is 11.6 Å². The molecule has 0 spiro atoms. The smallest absolute Gasteiger partial charge is 0.230 e. The monoisotopic (exact) mass is 346 g/mol. The van der Waals surface area contributed by atoms with Crippen molar-refractivity contribution in [2.75, 3.05) is 5.75 Å². The van der Waals surface area contributed by atoms with Crippen LogP contribution >= 0.6 is 11.8 Å². The maximum atomic E-state index is 12.2. The highest BCUT2D eigenvalue weighted by atomic mass is 32.2. The lowest BCUT2D eigenvalue weighted by molar-refractivity contribution is -0.119. The van der Waals surface area contributed by atoms with E-state index in [9.17, 15) is 4.79 Å². The summed E-state index contributed by atoms with van der Waals surface area (Å²) in [6, 6.07) is 3.88. The fraction of sp³-hybridized carbons (Fsp3) is 0.588. The van der Waals surface area contributed by atoms with Crippen molar-refractivity contribution in [3.05, 3.63) is 18.4 Å². The molecule has 4 atom stereocenters. The van der Waals surface area contributed by atoms with Crippen LogP contribution in [0.3, 0.4) is 0 Å². The molecule has 6 nitrogen and oxygen atoms in total. The molecule has 1 amide bonds. The van der Waals surface area contributed by atoms with Crippen LogP contribution in [0.25, 0.3) is 11.6 Å². The average molecular weight is 346 g/mol. The summed E-state index contributed by atoms with van der Waals surface area (Å²) in [6.07, 6.45) is 6.98. The number of amides is 1. The Balaban J connectivity index is 1.26. The van der Waals surface area contributed by atoms with Crippen LogP contribution in [-0.4, -0.2) is 32.9 Å². The molecule has 2 heterocycles. The molecule has 0 unspecified atom stereocenters. The third kappa shape index (κ3) is 3.22. The Hall–Kier alpha value is -1.76. The lowest BCUT2D eigenvalue weighted by Crippen LogP contribution is -2.40. The van der Waals surface area contributed by atoms with Crippen molar-refractivity contribution in [1.29, 1.82) is 0 Å². The first-order valence-corrected chi connectivity index (χ1v) is 9.56. The van der Waals surface area contributed by atoms with E-state index in [-0.39, 0.29) is 11.9 Å². The molecule has 2 aliphatic carbocycles. The van der Waals surface area contributed by atoms with Crippen molar-refractivity contribution < 1.29 is 9.21 Å². The van der Waals surface area contributed by atoms with Gasteiger partial charge in [0, 0.05) is 6.04 Å². The van der Waals surface area contributed by atoms with Gasteiger partial charge in [0.25, 0.3) is 0 Å². The van der Waals surface area contributed by atoms with Gasteiger partial charge in [-0.2, -0.15) is 4.98 Å². The molecule has 2 saturated carbocycles. The SMILES string of the molecule is C[C@@H](NC(=O)CSc1n[nH]c(-c2ccco2)n1)[C@@H]1C[C@H]2CC[C@H]1C2. The van der Waals surface area contributed by atoms with Gasteiger partial charge in [-0.25, -0.2) is 0 Å². The molecule has 2 bridgehead atoms. The number of furan rings is 1. The topological polar surface area (TPSA) is 83.8 Å². The van der Waals surface area contributed by atoms with Gasteiger partial charge in [-0.3, -0.25) is 9.89 Å². The lowest BCUT2D eigenvalue weighted by Gasteiger charge is -2.28. The summed E-state index contributed by atoms with van der Waals surface area (Å²) in [5.74, 6) is 4.00. The molecule has 2 N–H and O–H groups in total. The number of nitrogens with one attached hydrogen (secondary N) is 2. The quantitative estimate of drug-likeness (QED) is 0.785. The summed E-state index contributed by atoms with van der Waals surface area (Å²) in [7, 11) is 0. The number of nitrogens with zero attached hydrogens (tertiary/aromatic N) is 2. The standard InChI is InChI=1S/C17H22N4O2S/c1-10(13-8-11-4-5-12(13)7-11)18-15(22)9-24-17-19-16(20-21-17)14-3-2-6-23-14/h2-3,6,10-13H,4-5,7-9H2,1H3,(H,18,22)(H,19,20,21)/t10-,11+,12+,13+/m1/s1. The molecular formula is C17H22N4O2S. The maximum Gasteiger partial charge on any atom is 0.230 e. The average Bonchev–Trinajstić information content (AvgIpc) is 3.37. The molecule has 128 valence electrons. The number of hydrogen-bond acceptors (Lipinski definition) is 5. The predicted octanol–water partition coefficient (Wildman–Crippen LogP) is 3.10. The van der Waals surface area contributed by atoms with Crippen LogP contribution in [0.2, 0.25) is 0 Å². The van der Waals surface area contributed by atoms with Crippen LogP contribution in [-0.2, 0) is 4.79 Å². The number of aromatic amines is 1. The normalized spacial score (nSPS) is 26.6. The summed E-state index contributed by atoms with van der Waals surface area (Å²) in [6.45, 7) is 2.15. The van der Waals surface area contributed by atoms with Crippen LogP contribution in [0.4, 0.5) is 0 Å². The second-order valence-corrected chi connectivity index (χ2v) is 7.87. The number of carbonyl (C=O) groups excluding carboxylic acids is 1. The minimum absolute atomic E-state index is 0.0552. The van der Waals surface area contributed by atoms with E-state index < -0.39 is 0 Å². The van der Waals surface area contributed by atoms with E-state index in [0.717, 1.165) is 11.8 Å². The summed E-state index contributed by atoms with van der Waals surface area (Å²) < 4.78 is 5.27. The number of thioether (sulfide) groups is 1. The molecule has 0 aliphatic heterocycles. The van der Waals surface area contributed by atoms with Gasteiger partial charge in [0.2, 0.25) is 11.1 Å². The minimum atomic E-state index is 0.0552. The molecule has 2 aliphatic rings. The second kappa shape index (κ2) is 6.63. The van der Waals surface area contributed by atoms with Gasteiger partial charge in [-0.15, -0.1) is 5.10 Å². The molecule has 0 radical (unpaired) electrons. The van der Waals surface area contributed by atoms with Gasteiger partial charge in [-0.1, -0.05) is 18.2 Å². The van der Waals surface area contributed by atoms with Gasteiger partial charge in [-0.05, 0) is 56.1 Å². The molecule has 0 saturated heterocycles. The Bertz CT molecular complexity index is 699. The molecule has 0 aromatic carbocycles. The van der Waals surface area contributed by atoms with Crippen molar-refractivity contribution in [2.45, 2.75) is 43.8 Å². The van der Waals surface area contributed by atoms with E-state index in [2.05, 4.69) is 27.4 Å². The first kappa shape index (κ1) is 15.7. The Kier molecular flexibility index (Phi) is 4.35. The molecule has 2 aromatic rings. The van der Waals surface area contributed by atoms with E-state index in [1.807, 2.05) is 6.07 Å². The zero-order valence-electron chi connectivity index (χ0n) is 13.7. The van der Waals surface area contributed by atoms with Gasteiger partial charge in [0.05, 0.1) is 12.0 Å². The Morgan fingerprint density at radius 1 is 1.50 bits per heavy atom. The first-order valence-electron chi connectivity index (χ1n) is 8.57. The van der Waals surface area contributed by atoms with Gasteiger partial charge >= 0.3 is 0 Å². The number of rotatable bonds is 6. The second-order valence-electron chi connectivity index (χ2n) is 6.93. The minimum Gasteiger partial charge on any atom is -0.461 e. The zero-order chi connectivity index (χ0) is 16.5. The number of H-pyrrole nitrogens is 1. The summed E-state index contributed by atoms with van der Waals surface area (Å²) >= 11 is 1.34. The van der Waals surface area contributed by atoms with Crippen molar-refractivity contribution in [2.24, 2.45) is 17.8 Å². The Morgan fingerprint density at radius 2 is 2.42 bits per heavy atom. The largest absolute Gasteiger partial charge is 0.461 e. The fourth-order valence-corrected chi connectivity index (χ4v) is 4.88. The predicted molar refractivity (Wildman–Crippen MR) is 91.4 cm³/mol. The first-order chi connectivity index (χ1) is 11.7. The highest BCUT2D eigenvalue weighted by Crippen LogP contribution is 2.49. The van der Waals surface area contributed by atoms with E-state index >= 15 is 0 Å². The number of carbonyl (C=O) groups is 1. The third-order valence-electron chi connectivity index (χ3n) is 5.38. The summed E-state index contributed by atoms with van der Waals surface area (Å²) in [4.78, 5) is 16.5. The maximum absolute atomic E-state index is 12.2. The summed E-state index contributed by atoms with van der Waals surface area (Å²) in [5.41, 5.74) is 0. The van der Waals surface area contributed by atoms with Gasteiger partial charge < -0.3 is 9.73 Å². The zero-order valence-corrected chi connectivity index (χ0v) is 14.5. The van der Waals surface area contributed by atoms with Crippen LogP contribution in [0, 0.1) is 17.8 Å². The highest BCUT2D eigenvalue weighted by molar-refractivity contribution is 7.99. The van der Waals surface area contributed by atoms with Gasteiger partial charge in [0.15, 0.2) is 11.6 Å². The molecular weight excluding hydrogens is 324 g/mol. The van der Waals surface area contributed by atoms with Crippen LogP contribution in [0.15, 0.2) is 28.0 Å². The van der Waals surface area contributed by atoms with Gasteiger partial charge in [0.1, 0.15) is 0 Å². The number of fused-ring (bicyclic) bond motifs is 2. The van der Waals surface area contributed by atoms with E-state index in [0.29, 0.717) is 28.4 Å². The number of aromatic nitrogens is 3. The third-order valence-corrected chi connectivity index (χ3v) is 6.22. The number of hydrogen-bond donors (Lipinski definition) is 2. The van der Waals surface area contributed by atoms with E-state index in [1.54, 1.807) is 12.3 Å². The fourth-order valence-electron chi connectivity index (χ4n) is 4.27. The van der Waals surface area contributed by atoms with Crippen LogP contribution in [0.5, 0.6) is 0 Å². The van der Waals surface area contributed by atoms with Crippen LogP contribution in [0.1, 0.15) is 32.6 Å². The summed E-state index contributed by atoms with van der Waals surface area (Å²) in [5, 5.41) is 10.7. The van der Waals surface area contributed by atoms with Crippen molar-refractivity contribution in [3.63, 3.8) is 0 Å². The highest BCUT2D eigenvalue weighted by Gasteiger charge is 2.42. The van der Waals surface area contributed by atoms with Crippen LogP contribution < -0.4 is 5.32 Å². The molecule has 2 aromatic heterocycles. The van der Waals surface area contributed by atoms with Crippen molar-refractivity contribution in [1.82, 2.24) is 20.5 Å². The molecule has 24 heavy (non-hydrogen) atoms. The lowest BCUT2D eigenvalue weighted by atomic mass is 9.84. The Morgan fingerprint density at radius 3 is 3.12 bits per heavy atom.